The smallest absolute Gasteiger partial charge is 0.174 e. The van der Waals surface area contributed by atoms with Gasteiger partial charge in [0.05, 0.1) is 30.9 Å². The first-order valence-electron chi connectivity index (χ1n) is 11.0. The normalized spacial score (nSPS) is 17.5. The molecule has 0 fully saturated rings. The molecule has 1 aliphatic rings. The maximum atomic E-state index is 10.2. The second-order valence-electron chi connectivity index (χ2n) is 8.33. The van der Waals surface area contributed by atoms with E-state index in [1.165, 1.54) is 0 Å². The molecule has 0 spiro atoms. The van der Waals surface area contributed by atoms with Gasteiger partial charge in [0, 0.05) is 17.8 Å². The molecule has 0 aliphatic carbocycles. The number of fused-ring (bicyclic) bond motifs is 1. The highest BCUT2D eigenvalue weighted by Crippen LogP contribution is 2.39. The summed E-state index contributed by atoms with van der Waals surface area (Å²) in [6.07, 6.45) is 9.08. The van der Waals surface area contributed by atoms with E-state index >= 15 is 0 Å². The zero-order valence-electron chi connectivity index (χ0n) is 18.9. The van der Waals surface area contributed by atoms with Crippen molar-refractivity contribution >= 4 is 23.8 Å². The molecule has 0 amide bonds. The molecule has 0 N–H and O–H groups in total. The summed E-state index contributed by atoms with van der Waals surface area (Å²) in [4.78, 5) is 9.05. The van der Waals surface area contributed by atoms with Crippen molar-refractivity contribution in [1.82, 2.24) is 24.3 Å². The Kier molecular flexibility index (Phi) is 5.68. The van der Waals surface area contributed by atoms with Crippen molar-refractivity contribution in [1.29, 1.82) is 5.26 Å². The summed E-state index contributed by atoms with van der Waals surface area (Å²) in [7, 11) is 1.65. The minimum atomic E-state index is -0.838. The van der Waals surface area contributed by atoms with Crippen molar-refractivity contribution in [2.45, 2.75) is 31.7 Å². The molecule has 1 atom stereocenters. The molecule has 1 unspecified atom stereocenters. The molecule has 3 heterocycles. The first kappa shape index (κ1) is 21.9. The van der Waals surface area contributed by atoms with Crippen LogP contribution in [0.25, 0.3) is 17.8 Å². The van der Waals surface area contributed by atoms with E-state index in [4.69, 9.17) is 21.3 Å². The Bertz CT molecular complexity index is 1410. The number of hydrogen-bond acceptors (Lipinski definition) is 5. The molecule has 1 aliphatic heterocycles. The van der Waals surface area contributed by atoms with Crippen molar-refractivity contribution in [3.8, 4) is 17.5 Å². The van der Waals surface area contributed by atoms with Crippen molar-refractivity contribution in [2.24, 2.45) is 0 Å². The maximum absolute atomic E-state index is 10.2. The van der Waals surface area contributed by atoms with Crippen molar-refractivity contribution in [2.75, 3.05) is 7.11 Å². The molecule has 7 nitrogen and oxygen atoms in total. The highest BCUT2D eigenvalue weighted by molar-refractivity contribution is 6.30. The number of rotatable bonds is 5. The second kappa shape index (κ2) is 8.81. The van der Waals surface area contributed by atoms with Gasteiger partial charge in [0.2, 0.25) is 0 Å². The van der Waals surface area contributed by atoms with E-state index in [0.717, 1.165) is 41.2 Å². The SMILES string of the molecule is COc1cc(/C=C/c2nc3n(n2)CCCC3(C#N)c2ccc(Cl)cc2)ccc1-n1cnc(C)c1. The molecule has 0 radical (unpaired) electrons. The molecule has 0 saturated heterocycles. The number of methoxy groups -OCH3 is 1. The largest absolute Gasteiger partial charge is 0.495 e. The summed E-state index contributed by atoms with van der Waals surface area (Å²) in [5, 5.41) is 15.5. The molecule has 5 rings (SSSR count). The van der Waals surface area contributed by atoms with E-state index in [0.29, 0.717) is 23.1 Å². The number of benzene rings is 2. The van der Waals surface area contributed by atoms with Gasteiger partial charge in [-0.2, -0.15) is 10.4 Å². The van der Waals surface area contributed by atoms with E-state index < -0.39 is 5.41 Å². The lowest BCUT2D eigenvalue weighted by Gasteiger charge is -2.30. The van der Waals surface area contributed by atoms with Crippen LogP contribution >= 0.6 is 11.6 Å². The molecule has 2 aromatic carbocycles. The van der Waals surface area contributed by atoms with Gasteiger partial charge >= 0.3 is 0 Å². The molecular weight excluding hydrogens is 448 g/mol. The summed E-state index contributed by atoms with van der Waals surface area (Å²) in [6.45, 7) is 2.69. The first-order valence-corrected chi connectivity index (χ1v) is 11.4. The molecule has 4 aromatic rings. The average Bonchev–Trinajstić information content (AvgIpc) is 3.49. The Morgan fingerprint density at radius 1 is 1.18 bits per heavy atom. The van der Waals surface area contributed by atoms with E-state index in [1.807, 2.05) is 77.0 Å². The quantitative estimate of drug-likeness (QED) is 0.400. The Hall–Kier alpha value is -3.89. The van der Waals surface area contributed by atoms with Gasteiger partial charge < -0.3 is 9.30 Å². The fraction of sp³-hybridized carbons (Fsp3) is 0.231. The Balaban J connectivity index is 1.46. The summed E-state index contributed by atoms with van der Waals surface area (Å²) in [5.41, 5.74) is 2.86. The van der Waals surface area contributed by atoms with Gasteiger partial charge in [-0.3, -0.25) is 0 Å². The maximum Gasteiger partial charge on any atom is 0.174 e. The average molecular weight is 471 g/mol. The van der Waals surface area contributed by atoms with Crippen LogP contribution < -0.4 is 4.74 Å². The topological polar surface area (TPSA) is 81.5 Å². The van der Waals surface area contributed by atoms with Crippen LogP contribution in [0.1, 0.15) is 41.3 Å². The third-order valence-electron chi connectivity index (χ3n) is 6.14. The minimum Gasteiger partial charge on any atom is -0.495 e. The van der Waals surface area contributed by atoms with Crippen LogP contribution in [0.5, 0.6) is 5.75 Å². The van der Waals surface area contributed by atoms with Crippen molar-refractivity contribution in [3.05, 3.63) is 88.5 Å². The number of aryl methyl sites for hydroxylation is 2. The lowest BCUT2D eigenvalue weighted by Crippen LogP contribution is -2.34. The zero-order chi connectivity index (χ0) is 23.7. The van der Waals surface area contributed by atoms with Gasteiger partial charge in [0.25, 0.3) is 0 Å². The molecule has 8 heteroatoms. The number of nitriles is 1. The predicted octanol–water partition coefficient (Wildman–Crippen LogP) is 5.21. The Morgan fingerprint density at radius 2 is 2.00 bits per heavy atom. The van der Waals surface area contributed by atoms with Crippen LogP contribution in [-0.4, -0.2) is 31.4 Å². The van der Waals surface area contributed by atoms with Crippen LogP contribution in [0.4, 0.5) is 0 Å². The monoisotopic (exact) mass is 470 g/mol. The number of aromatic nitrogens is 5. The number of hydrogen-bond donors (Lipinski definition) is 0. The van der Waals surface area contributed by atoms with E-state index in [-0.39, 0.29) is 0 Å². The van der Waals surface area contributed by atoms with Gasteiger partial charge in [-0.05, 0) is 61.2 Å². The molecule has 34 heavy (non-hydrogen) atoms. The van der Waals surface area contributed by atoms with Crippen molar-refractivity contribution in [3.63, 3.8) is 0 Å². The van der Waals surface area contributed by atoms with E-state index in [2.05, 4.69) is 16.2 Å². The summed E-state index contributed by atoms with van der Waals surface area (Å²) in [6, 6.07) is 15.9. The van der Waals surface area contributed by atoms with Crippen LogP contribution in [0.15, 0.2) is 55.0 Å². The molecule has 170 valence electrons. The van der Waals surface area contributed by atoms with Gasteiger partial charge in [0.1, 0.15) is 11.2 Å². The summed E-state index contributed by atoms with van der Waals surface area (Å²) in [5.74, 6) is 1.98. The minimum absolute atomic E-state index is 0.568. The zero-order valence-corrected chi connectivity index (χ0v) is 19.7. The number of ether oxygens (including phenoxy) is 1. The van der Waals surface area contributed by atoms with Crippen LogP contribution in [-0.2, 0) is 12.0 Å². The van der Waals surface area contributed by atoms with E-state index in [1.54, 1.807) is 13.4 Å². The van der Waals surface area contributed by atoms with Crippen LogP contribution in [0.3, 0.4) is 0 Å². The highest BCUT2D eigenvalue weighted by Gasteiger charge is 2.42. The Morgan fingerprint density at radius 3 is 2.71 bits per heavy atom. The van der Waals surface area contributed by atoms with Crippen LogP contribution in [0.2, 0.25) is 5.02 Å². The third-order valence-corrected chi connectivity index (χ3v) is 6.39. The van der Waals surface area contributed by atoms with Gasteiger partial charge in [-0.25, -0.2) is 14.6 Å². The Labute approximate surface area is 202 Å². The predicted molar refractivity (Wildman–Crippen MR) is 131 cm³/mol. The number of nitrogens with zero attached hydrogens (tertiary/aromatic N) is 6. The second-order valence-corrected chi connectivity index (χ2v) is 8.77. The summed E-state index contributed by atoms with van der Waals surface area (Å²) >= 11 is 6.07. The number of halogens is 1. The molecule has 0 bridgehead atoms. The van der Waals surface area contributed by atoms with Gasteiger partial charge in [0.15, 0.2) is 11.6 Å². The highest BCUT2D eigenvalue weighted by atomic mass is 35.5. The van der Waals surface area contributed by atoms with Crippen LogP contribution in [0, 0.1) is 18.3 Å². The standard InChI is InChI=1S/C26H23ClN6O/c1-18-15-32(17-29-18)22-10-4-19(14-23(22)34-2)5-11-24-30-25-26(16-28,12-3-13-33(25)31-24)20-6-8-21(27)9-7-20/h4-11,14-15,17H,3,12-13H2,1-2H3/b11-5+. The summed E-state index contributed by atoms with van der Waals surface area (Å²) < 4.78 is 9.39. The molecular formula is C26H23ClN6O. The third kappa shape index (κ3) is 3.87. The van der Waals surface area contributed by atoms with E-state index in [9.17, 15) is 5.26 Å². The van der Waals surface area contributed by atoms with Gasteiger partial charge in [-0.15, -0.1) is 0 Å². The molecule has 2 aromatic heterocycles. The van der Waals surface area contributed by atoms with Gasteiger partial charge in [-0.1, -0.05) is 35.9 Å². The first-order chi connectivity index (χ1) is 16.5. The lowest BCUT2D eigenvalue weighted by molar-refractivity contribution is 0.393. The fourth-order valence-corrected chi connectivity index (χ4v) is 4.55. The van der Waals surface area contributed by atoms with Crippen molar-refractivity contribution < 1.29 is 4.74 Å². The fourth-order valence-electron chi connectivity index (χ4n) is 4.42. The number of imidazole rings is 1. The lowest BCUT2D eigenvalue weighted by atomic mass is 9.75. The molecule has 0 saturated carbocycles.